The maximum Gasteiger partial charge on any atom is 0.0629 e. The molecule has 9 heteroatoms. The first-order valence-corrected chi connectivity index (χ1v) is 27.9. The fourth-order valence-corrected chi connectivity index (χ4v) is 13.2. The standard InChI is InChI=1S/2C23H29ClN2.C22H27ClN2/c2*1-16-6-5-7-17(12-16)20-14-22(21-13-18(24)8-9-19(20)21)26-11-10-25(4)23(2,3)15-26;1-22(2)15-25(12-11-24(22)3)21-14-19(16-7-5-4-6-8-16)18-10-9-17(23)13-20(18)21/h2*5-9,12-13,20,22H,10-11,14-15H2,1-4H3;4-10,13,19,21H,11-12,14-15H2,1-3H3/t2*20-,22+;19-,21+/m000/s1/i4D3,5D,6D,7D,10D2,12D;4D3,5D,6D,7D,12D;3D3,11D2. The van der Waals surface area contributed by atoms with Crippen molar-refractivity contribution in [3.8, 4) is 0 Å². The Balaban J connectivity index is 0.000000160. The first kappa shape index (κ1) is 35.6. The predicted octanol–water partition coefficient (Wildman–Crippen LogP) is 15.4. The van der Waals surface area contributed by atoms with Gasteiger partial charge in [-0.3, -0.25) is 29.4 Å². The van der Waals surface area contributed by atoms with Crippen LogP contribution >= 0.6 is 34.8 Å². The van der Waals surface area contributed by atoms with Crippen LogP contribution in [-0.4, -0.2) is 126 Å². The summed E-state index contributed by atoms with van der Waals surface area (Å²) >= 11 is 19.1. The van der Waals surface area contributed by atoms with Gasteiger partial charge in [0, 0.05) is 144 Å². The number of halogens is 3. The summed E-state index contributed by atoms with van der Waals surface area (Å²) in [6.45, 7) is 5.11. The van der Waals surface area contributed by atoms with Gasteiger partial charge < -0.3 is 0 Å². The molecule has 0 unspecified atom stereocenters. The summed E-state index contributed by atoms with van der Waals surface area (Å²) in [5, 5.41) is 1.78. The molecular weight excluding hydrogens is 1010 g/mol. The van der Waals surface area contributed by atoms with E-state index in [-0.39, 0.29) is 91.4 Å². The zero-order chi connectivity index (χ0) is 72.6. The number of benzene rings is 6. The highest BCUT2D eigenvalue weighted by Gasteiger charge is 2.44. The molecule has 0 spiro atoms. The van der Waals surface area contributed by atoms with Crippen molar-refractivity contribution >= 4 is 34.8 Å². The van der Waals surface area contributed by atoms with Crippen LogP contribution in [0.2, 0.25) is 15.1 Å². The molecule has 0 radical (unpaired) electrons. The van der Waals surface area contributed by atoms with Gasteiger partial charge in [-0.2, -0.15) is 0 Å². The molecule has 12 rings (SSSR count). The molecule has 77 heavy (non-hydrogen) atoms. The quantitative estimate of drug-likeness (QED) is 0.164. The molecule has 6 aromatic carbocycles. The zero-order valence-corrected chi connectivity index (χ0v) is 47.7. The summed E-state index contributed by atoms with van der Waals surface area (Å²) in [5.74, 6) is -0.446. The highest BCUT2D eigenvalue weighted by molar-refractivity contribution is 6.31. The van der Waals surface area contributed by atoms with Crippen molar-refractivity contribution < 1.29 is 28.8 Å². The van der Waals surface area contributed by atoms with Crippen molar-refractivity contribution in [2.45, 2.75) is 127 Å². The van der Waals surface area contributed by atoms with E-state index in [9.17, 15) is 0 Å². The van der Waals surface area contributed by atoms with Gasteiger partial charge in [0.05, 0.1) is 11.0 Å². The number of piperazine rings is 3. The highest BCUT2D eigenvalue weighted by atomic mass is 35.5. The monoisotopic (exact) mass is 1110 g/mol. The lowest BCUT2D eigenvalue weighted by Crippen LogP contribution is -2.58. The second-order valence-electron chi connectivity index (χ2n) is 23.6. The minimum Gasteiger partial charge on any atom is -0.299 e. The highest BCUT2D eigenvalue weighted by Crippen LogP contribution is 2.51. The molecular formula is C68H85Cl3N6. The Morgan fingerprint density at radius 3 is 1.21 bits per heavy atom. The molecule has 0 saturated carbocycles. The van der Waals surface area contributed by atoms with E-state index in [1.807, 2.05) is 93.3 Å². The van der Waals surface area contributed by atoms with Gasteiger partial charge >= 0.3 is 0 Å². The van der Waals surface area contributed by atoms with Gasteiger partial charge in [-0.15, -0.1) is 0 Å². The summed E-state index contributed by atoms with van der Waals surface area (Å²) in [7, 11) is 0. The lowest BCUT2D eigenvalue weighted by atomic mass is 9.92. The maximum absolute atomic E-state index is 8.66. The van der Waals surface area contributed by atoms with Crippen molar-refractivity contribution in [3.05, 3.63) is 210 Å². The van der Waals surface area contributed by atoms with E-state index in [4.69, 9.17) is 63.6 Å². The van der Waals surface area contributed by atoms with Gasteiger partial charge in [-0.05, 0) is 182 Å². The molecule has 6 atom stereocenters. The average Bonchev–Trinajstić information content (AvgIpc) is 1.51. The number of likely N-dealkylation sites (N-methyl/N-ethyl adjacent to an activating group) is 3. The third kappa shape index (κ3) is 12.0. The summed E-state index contributed by atoms with van der Waals surface area (Å²) in [6.07, 6.45) is 1.87. The fraction of sp³-hybridized carbons (Fsp3) is 0.471. The van der Waals surface area contributed by atoms with Crippen LogP contribution in [-0.2, 0) is 0 Å². The molecule has 3 aliphatic carbocycles. The van der Waals surface area contributed by atoms with Crippen LogP contribution < -0.4 is 0 Å². The Kier molecular flexibility index (Phi) is 10.6. The molecule has 0 bridgehead atoms. The molecule has 3 aliphatic heterocycles. The molecule has 3 heterocycles. The average molecular weight is 1110 g/mol. The molecule has 3 fully saturated rings. The van der Waals surface area contributed by atoms with E-state index in [1.54, 1.807) is 38.7 Å². The maximum atomic E-state index is 8.66. The Hall–Kier alpha value is -4.05. The molecule has 6 aliphatic rings. The Morgan fingerprint density at radius 2 is 0.831 bits per heavy atom. The third-order valence-corrected chi connectivity index (χ3v) is 17.4. The van der Waals surface area contributed by atoms with Gasteiger partial charge in [0.2, 0.25) is 0 Å². The number of rotatable bonds is 6. The van der Waals surface area contributed by atoms with Crippen LogP contribution in [0, 0.1) is 13.8 Å². The first-order chi connectivity index (χ1) is 45.1. The molecule has 0 N–H and O–H groups in total. The summed E-state index contributed by atoms with van der Waals surface area (Å²) in [4.78, 5) is 9.96. The Labute approximate surface area is 507 Å². The van der Waals surface area contributed by atoms with E-state index in [0.717, 1.165) is 44.0 Å². The van der Waals surface area contributed by atoms with Gasteiger partial charge in [0.15, 0.2) is 0 Å². The minimum absolute atomic E-state index is 0.0167. The van der Waals surface area contributed by atoms with Gasteiger partial charge in [-0.1, -0.05) is 143 Å². The van der Waals surface area contributed by atoms with Gasteiger partial charge in [0.25, 0.3) is 0 Å². The predicted molar refractivity (Wildman–Crippen MR) is 326 cm³/mol. The van der Waals surface area contributed by atoms with Crippen molar-refractivity contribution in [2.75, 3.05) is 79.7 Å². The normalized spacial score (nSPS) is 32.0. The molecule has 3 saturated heterocycles. The van der Waals surface area contributed by atoms with Gasteiger partial charge in [0.1, 0.15) is 0 Å². The van der Waals surface area contributed by atoms with Crippen LogP contribution in [0.1, 0.15) is 187 Å². The Bertz CT molecular complexity index is 3920. The van der Waals surface area contributed by atoms with E-state index in [1.165, 1.54) is 11.1 Å². The third-order valence-electron chi connectivity index (χ3n) is 16.7. The van der Waals surface area contributed by atoms with Crippen LogP contribution in [0.25, 0.3) is 0 Å². The smallest absolute Gasteiger partial charge is 0.0629 e. The fourth-order valence-electron chi connectivity index (χ4n) is 12.6. The van der Waals surface area contributed by atoms with E-state index in [2.05, 4.69) is 28.0 Å². The van der Waals surface area contributed by atoms with E-state index < -0.39 is 56.5 Å². The number of hydrogen-bond acceptors (Lipinski definition) is 6. The first-order valence-electron chi connectivity index (χ1n) is 37.3. The van der Waals surface area contributed by atoms with Crippen molar-refractivity contribution in [1.82, 2.24) is 29.4 Å². The van der Waals surface area contributed by atoms with E-state index in [0.29, 0.717) is 82.9 Å². The second-order valence-corrected chi connectivity index (χ2v) is 24.9. The zero-order valence-electron chi connectivity index (χ0n) is 66.4. The van der Waals surface area contributed by atoms with Crippen LogP contribution in [0.3, 0.4) is 0 Å². The van der Waals surface area contributed by atoms with Crippen LogP contribution in [0.4, 0.5) is 0 Å². The SMILES string of the molecule is [2H]C([2H])([2H])N1C([2H])([2H])CN([C@@H]2C[C@@H](c3ccccc3)c3ccc(Cl)cc32)CC1(C)C.[2H]c1c([2H])c(C)c([2H])c([C@@H]2C[C@@H](N3CC([2H])([2H])N(C([2H])([2H])[2H])C(C)(C)C3)c3cc(Cl)ccc32)c1[2H].[2H]c1c([2H])c(C)c([2H])c([C@@H]2C[C@@H](N3CCN(C([2H])([2H])[2H])C(C)(C)C3)c3cc(Cl)ccc32)c1[2H]. The van der Waals surface area contributed by atoms with Crippen LogP contribution in [0.15, 0.2) is 133 Å². The van der Waals surface area contributed by atoms with Crippen molar-refractivity contribution in [3.63, 3.8) is 0 Å². The molecule has 6 nitrogen and oxygen atoms in total. The summed E-state index contributed by atoms with van der Waals surface area (Å²) in [5.41, 5.74) is 6.52. The van der Waals surface area contributed by atoms with Crippen molar-refractivity contribution in [2.24, 2.45) is 0 Å². The number of hydrogen-bond donors (Lipinski definition) is 0. The molecule has 0 aromatic heterocycles. The number of fused-ring (bicyclic) bond motifs is 3. The van der Waals surface area contributed by atoms with Gasteiger partial charge in [-0.25, -0.2) is 0 Å². The molecule has 0 amide bonds. The minimum atomic E-state index is -2.60. The Morgan fingerprint density at radius 1 is 0.455 bits per heavy atom. The van der Waals surface area contributed by atoms with Crippen molar-refractivity contribution in [1.29, 1.82) is 0 Å². The topological polar surface area (TPSA) is 19.4 Å². The molecule has 6 aromatic rings. The lowest BCUT2D eigenvalue weighted by Gasteiger charge is -2.47. The largest absolute Gasteiger partial charge is 0.299 e. The second kappa shape index (κ2) is 22.8. The molecule has 408 valence electrons. The van der Waals surface area contributed by atoms with E-state index >= 15 is 0 Å². The van der Waals surface area contributed by atoms with Crippen LogP contribution in [0.5, 0.6) is 0 Å². The summed E-state index contributed by atoms with van der Waals surface area (Å²) < 4.78 is 173. The number of nitrogens with zero attached hydrogens (tertiary/aromatic N) is 6. The lowest BCUT2D eigenvalue weighted by molar-refractivity contribution is 0.0158. The summed E-state index contributed by atoms with van der Waals surface area (Å²) in [6, 6.07) is 26.5.